The predicted molar refractivity (Wildman–Crippen MR) is 74.8 cm³/mol. The molecule has 0 aliphatic rings. The van der Waals surface area contributed by atoms with E-state index in [0.29, 0.717) is 29.8 Å². The second-order valence-corrected chi connectivity index (χ2v) is 4.23. The minimum absolute atomic E-state index is 0.348. The molecule has 0 fully saturated rings. The largest absolute Gasteiger partial charge is 0.494 e. The van der Waals surface area contributed by atoms with Crippen molar-refractivity contribution >= 4 is 11.6 Å². The van der Waals surface area contributed by atoms with Gasteiger partial charge in [0.1, 0.15) is 11.5 Å². The average Bonchev–Trinajstić information content (AvgIpc) is 2.43. The molecule has 0 amide bonds. The zero-order valence-electron chi connectivity index (χ0n) is 10.6. The molecular formula is C14H15ClN2O2. The Morgan fingerprint density at radius 2 is 1.89 bits per heavy atom. The minimum Gasteiger partial charge on any atom is -0.494 e. The van der Waals surface area contributed by atoms with Crippen molar-refractivity contribution in [3.8, 4) is 17.4 Å². The molecule has 1 heterocycles. The Balaban J connectivity index is 2.12. The van der Waals surface area contributed by atoms with E-state index in [-0.39, 0.29) is 0 Å². The van der Waals surface area contributed by atoms with Gasteiger partial charge in [0.05, 0.1) is 11.6 Å². The van der Waals surface area contributed by atoms with Crippen LogP contribution in [0.3, 0.4) is 0 Å². The van der Waals surface area contributed by atoms with E-state index < -0.39 is 0 Å². The Kier molecular flexibility index (Phi) is 4.60. The van der Waals surface area contributed by atoms with Gasteiger partial charge in [-0.15, -0.1) is 0 Å². The summed E-state index contributed by atoms with van der Waals surface area (Å²) >= 11 is 5.94. The van der Waals surface area contributed by atoms with E-state index in [4.69, 9.17) is 26.8 Å². The summed E-state index contributed by atoms with van der Waals surface area (Å²) in [5.74, 6) is 1.96. The Bertz CT molecular complexity index is 544. The van der Waals surface area contributed by atoms with Crippen molar-refractivity contribution in [1.29, 1.82) is 0 Å². The third-order valence-corrected chi connectivity index (χ3v) is 2.83. The predicted octanol–water partition coefficient (Wildman–Crippen LogP) is 3.38. The standard InChI is InChI=1S/C14H15ClN2O2/c1-2-18-11-3-5-12(6-4-11)19-14-7-10(8-16)13(15)9-17-14/h3-7,9H,2,8,16H2,1H3. The summed E-state index contributed by atoms with van der Waals surface area (Å²) < 4.78 is 11.0. The number of ether oxygens (including phenoxy) is 2. The molecule has 2 aromatic rings. The van der Waals surface area contributed by atoms with Crippen LogP contribution in [-0.2, 0) is 6.54 Å². The molecule has 2 N–H and O–H groups in total. The third kappa shape index (κ3) is 3.59. The van der Waals surface area contributed by atoms with E-state index in [1.165, 1.54) is 6.20 Å². The van der Waals surface area contributed by atoms with Crippen LogP contribution in [0.15, 0.2) is 36.5 Å². The van der Waals surface area contributed by atoms with Crippen LogP contribution in [0, 0.1) is 0 Å². The molecule has 0 spiro atoms. The van der Waals surface area contributed by atoms with E-state index in [1.807, 2.05) is 31.2 Å². The molecule has 5 heteroatoms. The number of halogens is 1. The lowest BCUT2D eigenvalue weighted by Crippen LogP contribution is -1.99. The van der Waals surface area contributed by atoms with Gasteiger partial charge in [-0.1, -0.05) is 11.6 Å². The van der Waals surface area contributed by atoms with Crippen molar-refractivity contribution < 1.29 is 9.47 Å². The summed E-state index contributed by atoms with van der Waals surface area (Å²) in [6, 6.07) is 9.07. The molecule has 0 aliphatic heterocycles. The highest BCUT2D eigenvalue weighted by molar-refractivity contribution is 6.31. The lowest BCUT2D eigenvalue weighted by Gasteiger charge is -2.08. The van der Waals surface area contributed by atoms with Crippen molar-refractivity contribution in [1.82, 2.24) is 4.98 Å². The fourth-order valence-corrected chi connectivity index (χ4v) is 1.74. The van der Waals surface area contributed by atoms with Crippen LogP contribution in [0.4, 0.5) is 0 Å². The van der Waals surface area contributed by atoms with Crippen LogP contribution < -0.4 is 15.2 Å². The van der Waals surface area contributed by atoms with E-state index in [0.717, 1.165) is 11.3 Å². The number of benzene rings is 1. The minimum atomic E-state index is 0.348. The summed E-state index contributed by atoms with van der Waals surface area (Å²) in [5.41, 5.74) is 6.39. The molecule has 0 saturated carbocycles. The molecule has 0 unspecified atom stereocenters. The quantitative estimate of drug-likeness (QED) is 0.911. The molecule has 0 radical (unpaired) electrons. The molecule has 1 aromatic carbocycles. The van der Waals surface area contributed by atoms with Gasteiger partial charge in [0.2, 0.25) is 5.88 Å². The SMILES string of the molecule is CCOc1ccc(Oc2cc(CN)c(Cl)cn2)cc1. The fourth-order valence-electron chi connectivity index (χ4n) is 1.56. The fraction of sp³-hybridized carbons (Fsp3) is 0.214. The highest BCUT2D eigenvalue weighted by atomic mass is 35.5. The lowest BCUT2D eigenvalue weighted by molar-refractivity contribution is 0.339. The Morgan fingerprint density at radius 1 is 1.21 bits per heavy atom. The summed E-state index contributed by atoms with van der Waals surface area (Å²) in [6.45, 7) is 2.93. The molecule has 2 rings (SSSR count). The first kappa shape index (κ1) is 13.6. The van der Waals surface area contributed by atoms with Crippen LogP contribution in [-0.4, -0.2) is 11.6 Å². The second-order valence-electron chi connectivity index (χ2n) is 3.82. The molecule has 0 saturated heterocycles. The number of hydrogen-bond acceptors (Lipinski definition) is 4. The van der Waals surface area contributed by atoms with E-state index in [1.54, 1.807) is 6.07 Å². The number of aromatic nitrogens is 1. The normalized spacial score (nSPS) is 10.3. The van der Waals surface area contributed by atoms with Gasteiger partial charge in [0, 0.05) is 18.8 Å². The van der Waals surface area contributed by atoms with E-state index >= 15 is 0 Å². The smallest absolute Gasteiger partial charge is 0.219 e. The zero-order valence-corrected chi connectivity index (χ0v) is 11.4. The first-order valence-corrected chi connectivity index (χ1v) is 6.36. The third-order valence-electron chi connectivity index (χ3n) is 2.49. The van der Waals surface area contributed by atoms with E-state index in [9.17, 15) is 0 Å². The maximum atomic E-state index is 5.94. The molecule has 1 aromatic heterocycles. The molecule has 19 heavy (non-hydrogen) atoms. The van der Waals surface area contributed by atoms with Gasteiger partial charge in [-0.3, -0.25) is 0 Å². The maximum Gasteiger partial charge on any atom is 0.219 e. The summed E-state index contributed by atoms with van der Waals surface area (Å²) in [4.78, 5) is 4.10. The van der Waals surface area contributed by atoms with E-state index in [2.05, 4.69) is 4.98 Å². The van der Waals surface area contributed by atoms with Crippen molar-refractivity contribution in [2.75, 3.05) is 6.61 Å². The number of nitrogens with two attached hydrogens (primary N) is 1. The monoisotopic (exact) mass is 278 g/mol. The van der Waals surface area contributed by atoms with Crippen LogP contribution in [0.25, 0.3) is 0 Å². The molecule has 0 atom stereocenters. The van der Waals surface area contributed by atoms with Crippen molar-refractivity contribution in [2.24, 2.45) is 5.73 Å². The number of rotatable bonds is 5. The van der Waals surface area contributed by atoms with Crippen LogP contribution >= 0.6 is 11.6 Å². The Labute approximate surface area is 117 Å². The van der Waals surface area contributed by atoms with Gasteiger partial charge in [-0.25, -0.2) is 4.98 Å². The number of hydrogen-bond donors (Lipinski definition) is 1. The Morgan fingerprint density at radius 3 is 2.53 bits per heavy atom. The first-order chi connectivity index (χ1) is 9.22. The first-order valence-electron chi connectivity index (χ1n) is 5.98. The average molecular weight is 279 g/mol. The van der Waals surface area contributed by atoms with Gasteiger partial charge in [0.15, 0.2) is 0 Å². The van der Waals surface area contributed by atoms with Crippen LogP contribution in [0.5, 0.6) is 17.4 Å². The van der Waals surface area contributed by atoms with Gasteiger partial charge >= 0.3 is 0 Å². The molecule has 0 aliphatic carbocycles. The van der Waals surface area contributed by atoms with Crippen molar-refractivity contribution in [2.45, 2.75) is 13.5 Å². The van der Waals surface area contributed by atoms with Gasteiger partial charge in [-0.2, -0.15) is 0 Å². The van der Waals surface area contributed by atoms with Gasteiger partial charge in [-0.05, 0) is 36.8 Å². The number of nitrogens with zero attached hydrogens (tertiary/aromatic N) is 1. The highest BCUT2D eigenvalue weighted by Gasteiger charge is 2.04. The molecule has 100 valence electrons. The summed E-state index contributed by atoms with van der Waals surface area (Å²) in [5, 5.41) is 0.543. The molecule has 0 bridgehead atoms. The lowest BCUT2D eigenvalue weighted by atomic mass is 10.2. The van der Waals surface area contributed by atoms with Crippen LogP contribution in [0.2, 0.25) is 5.02 Å². The van der Waals surface area contributed by atoms with Gasteiger partial charge < -0.3 is 15.2 Å². The summed E-state index contributed by atoms with van der Waals surface area (Å²) in [7, 11) is 0. The van der Waals surface area contributed by atoms with Crippen molar-refractivity contribution in [3.63, 3.8) is 0 Å². The molecular weight excluding hydrogens is 264 g/mol. The number of pyridine rings is 1. The van der Waals surface area contributed by atoms with Gasteiger partial charge in [0.25, 0.3) is 0 Å². The second kappa shape index (κ2) is 6.41. The topological polar surface area (TPSA) is 57.4 Å². The van der Waals surface area contributed by atoms with Crippen LogP contribution in [0.1, 0.15) is 12.5 Å². The Hall–Kier alpha value is -1.78. The maximum absolute atomic E-state index is 5.94. The zero-order chi connectivity index (χ0) is 13.7. The molecule has 4 nitrogen and oxygen atoms in total. The highest BCUT2D eigenvalue weighted by Crippen LogP contribution is 2.25. The summed E-state index contributed by atoms with van der Waals surface area (Å²) in [6.07, 6.45) is 1.54. The van der Waals surface area contributed by atoms with Crippen molar-refractivity contribution in [3.05, 3.63) is 47.1 Å².